The molecule has 6 nitrogen and oxygen atoms in total. The second kappa shape index (κ2) is 10.9. The number of hydrogen-bond acceptors (Lipinski definition) is 5. The van der Waals surface area contributed by atoms with Crippen LogP contribution in [0.1, 0.15) is 22.3 Å². The second-order valence-electron chi connectivity index (χ2n) is 7.13. The number of benzene rings is 3. The first-order chi connectivity index (χ1) is 15.5. The summed E-state index contributed by atoms with van der Waals surface area (Å²) in [4.78, 5) is 12.0. The Morgan fingerprint density at radius 2 is 1.75 bits per heavy atom. The fraction of sp³-hybridized carbons (Fsp3) is 0.200. The molecule has 3 aromatic carbocycles. The number of hydrogen-bond donors (Lipinski definition) is 1. The molecule has 0 heterocycles. The van der Waals surface area contributed by atoms with Crippen LogP contribution in [-0.4, -0.2) is 25.8 Å². The summed E-state index contributed by atoms with van der Waals surface area (Å²) in [5.41, 5.74) is 5.79. The van der Waals surface area contributed by atoms with Crippen molar-refractivity contribution in [2.24, 2.45) is 5.10 Å². The Kier molecular flexibility index (Phi) is 7.80. The first kappa shape index (κ1) is 22.8. The van der Waals surface area contributed by atoms with Crippen LogP contribution in [0.3, 0.4) is 0 Å². The van der Waals surface area contributed by atoms with Crippen molar-refractivity contribution in [1.29, 1.82) is 0 Å². The fourth-order valence-electron chi connectivity index (χ4n) is 3.05. The van der Waals surface area contributed by atoms with Crippen LogP contribution < -0.4 is 19.6 Å². The van der Waals surface area contributed by atoms with E-state index in [1.165, 1.54) is 25.5 Å². The highest BCUT2D eigenvalue weighted by atomic mass is 19.1. The minimum absolute atomic E-state index is 0.140. The fourth-order valence-corrected chi connectivity index (χ4v) is 3.05. The third-order valence-corrected chi connectivity index (χ3v) is 4.63. The summed E-state index contributed by atoms with van der Waals surface area (Å²) < 4.78 is 30.0. The summed E-state index contributed by atoms with van der Waals surface area (Å²) in [5, 5.41) is 3.96. The van der Waals surface area contributed by atoms with E-state index >= 15 is 0 Å². The smallest absolute Gasteiger partial charge is 0.277 e. The topological polar surface area (TPSA) is 69.2 Å². The summed E-state index contributed by atoms with van der Waals surface area (Å²) in [6, 6.07) is 17.2. The highest BCUT2D eigenvalue weighted by Gasteiger charge is 2.08. The van der Waals surface area contributed by atoms with E-state index < -0.39 is 0 Å². The van der Waals surface area contributed by atoms with Gasteiger partial charge in [-0.1, -0.05) is 30.3 Å². The van der Waals surface area contributed by atoms with E-state index in [0.29, 0.717) is 28.4 Å². The van der Waals surface area contributed by atoms with E-state index in [4.69, 9.17) is 14.2 Å². The molecule has 1 N–H and O–H groups in total. The summed E-state index contributed by atoms with van der Waals surface area (Å²) >= 11 is 0. The zero-order valence-electron chi connectivity index (χ0n) is 18.2. The summed E-state index contributed by atoms with van der Waals surface area (Å²) in [5.74, 6) is 1.03. The molecule has 0 radical (unpaired) electrons. The van der Waals surface area contributed by atoms with Crippen molar-refractivity contribution in [3.05, 3.63) is 88.7 Å². The lowest BCUT2D eigenvalue weighted by Crippen LogP contribution is -2.25. The van der Waals surface area contributed by atoms with Gasteiger partial charge in [-0.25, -0.2) is 9.82 Å². The molecule has 0 aliphatic carbocycles. The average Bonchev–Trinajstić information content (AvgIpc) is 2.78. The van der Waals surface area contributed by atoms with Gasteiger partial charge < -0.3 is 14.2 Å². The molecular formula is C25H25FN2O4. The molecule has 1 amide bonds. The van der Waals surface area contributed by atoms with E-state index in [1.807, 2.05) is 32.0 Å². The number of ether oxygens (including phenoxy) is 3. The molecule has 0 atom stereocenters. The van der Waals surface area contributed by atoms with Crippen LogP contribution in [0, 0.1) is 19.7 Å². The van der Waals surface area contributed by atoms with Gasteiger partial charge in [0.05, 0.1) is 13.3 Å². The lowest BCUT2D eigenvalue weighted by atomic mass is 10.1. The molecule has 0 fully saturated rings. The van der Waals surface area contributed by atoms with Crippen molar-refractivity contribution in [3.63, 3.8) is 0 Å². The Bertz CT molecular complexity index is 1090. The van der Waals surface area contributed by atoms with E-state index in [2.05, 4.69) is 10.5 Å². The normalized spacial score (nSPS) is 10.8. The number of carbonyl (C=O) groups excluding carboxylic acids is 1. The maximum Gasteiger partial charge on any atom is 0.277 e. The Morgan fingerprint density at radius 3 is 2.47 bits per heavy atom. The first-order valence-electron chi connectivity index (χ1n) is 10.0. The molecule has 0 saturated heterocycles. The molecule has 0 saturated carbocycles. The number of nitrogens with zero attached hydrogens (tertiary/aromatic N) is 1. The molecule has 0 bridgehead atoms. The number of amides is 1. The number of halogens is 1. The van der Waals surface area contributed by atoms with Crippen LogP contribution >= 0.6 is 0 Å². The average molecular weight is 436 g/mol. The maximum absolute atomic E-state index is 13.3. The van der Waals surface area contributed by atoms with Crippen LogP contribution in [0.2, 0.25) is 0 Å². The molecule has 3 rings (SSSR count). The van der Waals surface area contributed by atoms with Crippen molar-refractivity contribution < 1.29 is 23.4 Å². The second-order valence-corrected chi connectivity index (χ2v) is 7.13. The SMILES string of the molecule is COc1cc(/C=N\NC(=O)COc2c(C)cccc2C)ccc1OCc1cccc(F)c1. The minimum atomic E-state index is -0.370. The van der Waals surface area contributed by atoms with Crippen LogP contribution in [-0.2, 0) is 11.4 Å². The molecule has 0 spiro atoms. The van der Waals surface area contributed by atoms with Crippen molar-refractivity contribution >= 4 is 12.1 Å². The standard InChI is InChI=1S/C25H25FN2O4/c1-17-6-4-7-18(2)25(17)32-16-24(29)28-27-14-19-10-11-22(23(13-19)30-3)31-15-20-8-5-9-21(26)12-20/h4-14H,15-16H2,1-3H3,(H,28,29)/b27-14-. The molecule has 3 aromatic rings. The Labute approximate surface area is 186 Å². The predicted molar refractivity (Wildman–Crippen MR) is 121 cm³/mol. The predicted octanol–water partition coefficient (Wildman–Crippen LogP) is 4.56. The Morgan fingerprint density at radius 1 is 1.00 bits per heavy atom. The van der Waals surface area contributed by atoms with Gasteiger partial charge in [0.1, 0.15) is 18.2 Å². The highest BCUT2D eigenvalue weighted by molar-refractivity contribution is 5.83. The Balaban J connectivity index is 1.54. The van der Waals surface area contributed by atoms with Gasteiger partial charge >= 0.3 is 0 Å². The lowest BCUT2D eigenvalue weighted by Gasteiger charge is -2.11. The van der Waals surface area contributed by atoms with Crippen molar-refractivity contribution in [2.45, 2.75) is 20.5 Å². The van der Waals surface area contributed by atoms with Gasteiger partial charge in [0, 0.05) is 0 Å². The number of carbonyl (C=O) groups is 1. The number of para-hydroxylation sites is 1. The van der Waals surface area contributed by atoms with Gasteiger partial charge in [0.25, 0.3) is 5.91 Å². The van der Waals surface area contributed by atoms with Gasteiger partial charge in [-0.05, 0) is 66.4 Å². The van der Waals surface area contributed by atoms with E-state index in [0.717, 1.165) is 11.1 Å². The molecule has 32 heavy (non-hydrogen) atoms. The molecule has 0 aromatic heterocycles. The quantitative estimate of drug-likeness (QED) is 0.394. The third-order valence-electron chi connectivity index (χ3n) is 4.63. The zero-order valence-corrected chi connectivity index (χ0v) is 18.2. The van der Waals surface area contributed by atoms with Crippen LogP contribution in [0.5, 0.6) is 17.2 Å². The number of methoxy groups -OCH3 is 1. The largest absolute Gasteiger partial charge is 0.493 e. The van der Waals surface area contributed by atoms with Crippen molar-refractivity contribution in [1.82, 2.24) is 5.43 Å². The van der Waals surface area contributed by atoms with Crippen molar-refractivity contribution in [3.8, 4) is 17.2 Å². The molecule has 0 aliphatic heterocycles. The molecule has 0 aliphatic rings. The molecule has 7 heteroatoms. The van der Waals surface area contributed by atoms with Gasteiger partial charge in [-0.15, -0.1) is 0 Å². The summed E-state index contributed by atoms with van der Waals surface area (Å²) in [6.45, 7) is 3.92. The maximum atomic E-state index is 13.3. The highest BCUT2D eigenvalue weighted by Crippen LogP contribution is 2.28. The number of aryl methyl sites for hydroxylation is 2. The minimum Gasteiger partial charge on any atom is -0.493 e. The van der Waals surface area contributed by atoms with Gasteiger partial charge in [-0.3, -0.25) is 4.79 Å². The van der Waals surface area contributed by atoms with E-state index in [9.17, 15) is 9.18 Å². The Hall–Kier alpha value is -3.87. The number of hydrazone groups is 1. The monoisotopic (exact) mass is 436 g/mol. The summed E-state index contributed by atoms with van der Waals surface area (Å²) in [7, 11) is 1.53. The van der Waals surface area contributed by atoms with Crippen LogP contribution in [0.25, 0.3) is 0 Å². The lowest BCUT2D eigenvalue weighted by molar-refractivity contribution is -0.123. The number of rotatable bonds is 9. The molecule has 0 unspecified atom stereocenters. The van der Waals surface area contributed by atoms with Crippen LogP contribution in [0.15, 0.2) is 65.8 Å². The molecule has 166 valence electrons. The zero-order chi connectivity index (χ0) is 22.9. The van der Waals surface area contributed by atoms with Crippen molar-refractivity contribution in [2.75, 3.05) is 13.7 Å². The summed E-state index contributed by atoms with van der Waals surface area (Å²) in [6.07, 6.45) is 1.50. The van der Waals surface area contributed by atoms with Gasteiger partial charge in [-0.2, -0.15) is 5.10 Å². The molecular weight excluding hydrogens is 411 g/mol. The van der Waals surface area contributed by atoms with E-state index in [-0.39, 0.29) is 24.9 Å². The van der Waals surface area contributed by atoms with Crippen LogP contribution in [0.4, 0.5) is 4.39 Å². The third kappa shape index (κ3) is 6.31. The van der Waals surface area contributed by atoms with Gasteiger partial charge in [0.15, 0.2) is 18.1 Å². The van der Waals surface area contributed by atoms with E-state index in [1.54, 1.807) is 30.3 Å². The number of nitrogens with one attached hydrogen (secondary N) is 1. The van der Waals surface area contributed by atoms with Gasteiger partial charge in [0.2, 0.25) is 0 Å². The first-order valence-corrected chi connectivity index (χ1v) is 10.0.